The lowest BCUT2D eigenvalue weighted by atomic mass is 9.86. The largest absolute Gasteiger partial charge is 0.309 e. The highest BCUT2D eigenvalue weighted by Gasteiger charge is 2.18. The van der Waals surface area contributed by atoms with Crippen molar-refractivity contribution < 1.29 is 0 Å². The van der Waals surface area contributed by atoms with Gasteiger partial charge in [-0.1, -0.05) is 152 Å². The number of para-hydroxylation sites is 1. The Morgan fingerprint density at radius 2 is 0.800 bits per heavy atom. The molecule has 0 aliphatic rings. The minimum atomic E-state index is 0.653. The molecule has 10 aromatic carbocycles. The number of nitrogens with zero attached hydrogens (tertiary/aromatic N) is 2. The molecule has 0 aliphatic heterocycles. The Morgan fingerprint density at radius 3 is 1.45 bits per heavy atom. The maximum atomic E-state index is 9.78. The van der Waals surface area contributed by atoms with Gasteiger partial charge in [-0.15, -0.1) is 0 Å². The summed E-state index contributed by atoms with van der Waals surface area (Å²) in [7, 11) is 0. The summed E-state index contributed by atoms with van der Waals surface area (Å²) in [5.41, 5.74) is 11.1. The van der Waals surface area contributed by atoms with E-state index in [2.05, 4.69) is 187 Å². The van der Waals surface area contributed by atoms with Gasteiger partial charge in [-0.05, 0) is 119 Å². The summed E-state index contributed by atoms with van der Waals surface area (Å²) in [6, 6.07) is 72.3. The van der Waals surface area contributed by atoms with Crippen LogP contribution < -0.4 is 0 Å². The van der Waals surface area contributed by atoms with E-state index in [0.717, 1.165) is 27.7 Å². The number of benzene rings is 10. The number of hydrogen-bond donors (Lipinski definition) is 0. The highest BCUT2D eigenvalue weighted by atomic mass is 15.0. The average molecular weight is 697 g/mol. The van der Waals surface area contributed by atoms with Gasteiger partial charge >= 0.3 is 0 Å². The summed E-state index contributed by atoms with van der Waals surface area (Å²) >= 11 is 0. The first kappa shape index (κ1) is 31.1. The molecule has 0 saturated carbocycles. The number of aromatic nitrogens is 1. The van der Waals surface area contributed by atoms with Crippen LogP contribution >= 0.6 is 0 Å². The molecule has 11 aromatic rings. The van der Waals surface area contributed by atoms with Gasteiger partial charge in [0.2, 0.25) is 0 Å². The summed E-state index contributed by atoms with van der Waals surface area (Å²) in [4.78, 5) is 0. The average Bonchev–Trinajstić information content (AvgIpc) is 3.59. The standard InChI is InChI=1S/C53H32N2/c54-33-34-23-25-46-47-26-24-36(30-53(47)55(52(46)29-34)37-15-5-2-6-16-37)38-27-28-45(40-18-8-7-17-39(38)40)49-32-51-42-20-10-9-19-41(42)48(35-13-3-1-4-14-35)31-50(51)44-22-12-11-21-43(44)49/h1-32H. The maximum Gasteiger partial charge on any atom is 0.0992 e. The summed E-state index contributed by atoms with van der Waals surface area (Å²) in [5.74, 6) is 0. The van der Waals surface area contributed by atoms with Crippen LogP contribution in [0, 0.1) is 11.3 Å². The Bertz CT molecular complexity index is 3370. The highest BCUT2D eigenvalue weighted by Crippen LogP contribution is 2.45. The predicted octanol–water partition coefficient (Wildman–Crippen LogP) is 14.3. The highest BCUT2D eigenvalue weighted by molar-refractivity contribution is 6.25. The molecule has 0 radical (unpaired) electrons. The van der Waals surface area contributed by atoms with Crippen LogP contribution in [0.1, 0.15) is 5.56 Å². The van der Waals surface area contributed by atoms with E-state index in [1.54, 1.807) is 0 Å². The van der Waals surface area contributed by atoms with Crippen LogP contribution in [0.5, 0.6) is 0 Å². The molecule has 0 aliphatic carbocycles. The lowest BCUT2D eigenvalue weighted by Gasteiger charge is -2.18. The number of hydrogen-bond acceptors (Lipinski definition) is 1. The minimum absolute atomic E-state index is 0.653. The molecule has 0 N–H and O–H groups in total. The SMILES string of the molecule is N#Cc1ccc2c3ccc(-c4ccc(-c5cc6c7ccccc7c(-c7ccccc7)cc6c6ccccc56)c5ccccc45)cc3n(-c3ccccc3)c2c1. The van der Waals surface area contributed by atoms with Crippen LogP contribution in [-0.4, -0.2) is 4.57 Å². The van der Waals surface area contributed by atoms with Gasteiger partial charge in [0, 0.05) is 16.5 Å². The molecule has 11 rings (SSSR count). The topological polar surface area (TPSA) is 28.7 Å². The Kier molecular flexibility index (Phi) is 6.96. The van der Waals surface area contributed by atoms with E-state index < -0.39 is 0 Å². The van der Waals surface area contributed by atoms with E-state index in [-0.39, 0.29) is 0 Å². The van der Waals surface area contributed by atoms with Gasteiger partial charge in [-0.2, -0.15) is 5.26 Å². The molecule has 0 fully saturated rings. The maximum absolute atomic E-state index is 9.78. The number of nitriles is 1. The first-order valence-electron chi connectivity index (χ1n) is 18.7. The van der Waals surface area contributed by atoms with E-state index in [9.17, 15) is 5.26 Å². The third-order valence-electron chi connectivity index (χ3n) is 11.4. The molecular weight excluding hydrogens is 665 g/mol. The van der Waals surface area contributed by atoms with Crippen LogP contribution in [0.2, 0.25) is 0 Å². The molecule has 0 atom stereocenters. The van der Waals surface area contributed by atoms with Crippen molar-refractivity contribution >= 4 is 64.9 Å². The minimum Gasteiger partial charge on any atom is -0.309 e. The first-order valence-corrected chi connectivity index (χ1v) is 18.7. The molecule has 0 spiro atoms. The first-order chi connectivity index (χ1) is 27.2. The van der Waals surface area contributed by atoms with Crippen molar-refractivity contribution in [3.63, 3.8) is 0 Å². The molecule has 2 heteroatoms. The second kappa shape index (κ2) is 12.3. The third-order valence-corrected chi connectivity index (χ3v) is 11.4. The van der Waals surface area contributed by atoms with Gasteiger partial charge in [0.1, 0.15) is 0 Å². The summed E-state index contributed by atoms with van der Waals surface area (Å²) in [6.07, 6.45) is 0. The molecular formula is C53H32N2. The zero-order valence-corrected chi connectivity index (χ0v) is 29.9. The zero-order valence-electron chi connectivity index (χ0n) is 29.9. The van der Waals surface area contributed by atoms with Crippen LogP contribution in [0.4, 0.5) is 0 Å². The van der Waals surface area contributed by atoms with E-state index >= 15 is 0 Å². The molecule has 55 heavy (non-hydrogen) atoms. The monoisotopic (exact) mass is 696 g/mol. The van der Waals surface area contributed by atoms with E-state index in [1.807, 2.05) is 18.2 Å². The van der Waals surface area contributed by atoms with Crippen molar-refractivity contribution in [2.75, 3.05) is 0 Å². The molecule has 254 valence electrons. The van der Waals surface area contributed by atoms with Gasteiger partial charge in [0.05, 0.1) is 22.7 Å². The second-order valence-electron chi connectivity index (χ2n) is 14.4. The molecule has 1 aromatic heterocycles. The number of fused-ring (bicyclic) bond motifs is 9. The lowest BCUT2D eigenvalue weighted by molar-refractivity contribution is 1.18. The van der Waals surface area contributed by atoms with E-state index in [1.165, 1.54) is 76.3 Å². The van der Waals surface area contributed by atoms with E-state index in [0.29, 0.717) is 5.56 Å². The van der Waals surface area contributed by atoms with Crippen LogP contribution in [0.3, 0.4) is 0 Å². The molecule has 1 heterocycles. The van der Waals surface area contributed by atoms with E-state index in [4.69, 9.17) is 0 Å². The Hall–Kier alpha value is -7.47. The zero-order chi connectivity index (χ0) is 36.5. The summed E-state index contributed by atoms with van der Waals surface area (Å²) < 4.78 is 2.29. The van der Waals surface area contributed by atoms with Crippen molar-refractivity contribution in [2.45, 2.75) is 0 Å². The quantitative estimate of drug-likeness (QED) is 0.168. The second-order valence-corrected chi connectivity index (χ2v) is 14.4. The molecule has 2 nitrogen and oxygen atoms in total. The van der Waals surface area contributed by atoms with Crippen LogP contribution in [0.25, 0.3) is 104 Å². The van der Waals surface area contributed by atoms with Crippen molar-refractivity contribution in [2.24, 2.45) is 0 Å². The predicted molar refractivity (Wildman–Crippen MR) is 232 cm³/mol. The fourth-order valence-corrected chi connectivity index (χ4v) is 8.93. The number of rotatable bonds is 4. The van der Waals surface area contributed by atoms with Gasteiger partial charge in [-0.25, -0.2) is 0 Å². The van der Waals surface area contributed by atoms with Gasteiger partial charge < -0.3 is 4.57 Å². The molecule has 0 saturated heterocycles. The third kappa shape index (κ3) is 4.81. The normalized spacial score (nSPS) is 11.6. The van der Waals surface area contributed by atoms with Crippen LogP contribution in [0.15, 0.2) is 194 Å². The van der Waals surface area contributed by atoms with Crippen molar-refractivity contribution in [1.29, 1.82) is 5.26 Å². The Balaban J connectivity index is 1.15. The Labute approximate surface area is 318 Å². The van der Waals surface area contributed by atoms with Gasteiger partial charge in [-0.3, -0.25) is 0 Å². The lowest BCUT2D eigenvalue weighted by Crippen LogP contribution is -1.94. The van der Waals surface area contributed by atoms with Crippen LogP contribution in [-0.2, 0) is 0 Å². The van der Waals surface area contributed by atoms with Crippen molar-refractivity contribution in [3.05, 3.63) is 200 Å². The van der Waals surface area contributed by atoms with Gasteiger partial charge in [0.15, 0.2) is 0 Å². The summed E-state index contributed by atoms with van der Waals surface area (Å²) in [6.45, 7) is 0. The van der Waals surface area contributed by atoms with Crippen molar-refractivity contribution in [1.82, 2.24) is 4.57 Å². The molecule has 0 amide bonds. The molecule has 0 bridgehead atoms. The smallest absolute Gasteiger partial charge is 0.0992 e. The fraction of sp³-hybridized carbons (Fsp3) is 0. The molecule has 0 unspecified atom stereocenters. The van der Waals surface area contributed by atoms with Gasteiger partial charge in [0.25, 0.3) is 0 Å². The van der Waals surface area contributed by atoms with Crippen molar-refractivity contribution in [3.8, 4) is 45.1 Å². The Morgan fingerprint density at radius 1 is 0.309 bits per heavy atom. The summed E-state index contributed by atoms with van der Waals surface area (Å²) in [5, 5.41) is 22.1. The fourth-order valence-electron chi connectivity index (χ4n) is 8.93.